The predicted octanol–water partition coefficient (Wildman–Crippen LogP) is 2.85. The summed E-state index contributed by atoms with van der Waals surface area (Å²) in [5, 5.41) is 12.1. The second-order valence-electron chi connectivity index (χ2n) is 7.40. The number of aromatic nitrogens is 4. The van der Waals surface area contributed by atoms with Crippen molar-refractivity contribution in [2.45, 2.75) is 18.6 Å². The van der Waals surface area contributed by atoms with Crippen LogP contribution in [0.3, 0.4) is 0 Å². The third-order valence-electron chi connectivity index (χ3n) is 5.08. The van der Waals surface area contributed by atoms with E-state index in [4.69, 9.17) is 18.9 Å². The average Bonchev–Trinajstić information content (AvgIpc) is 3.30. The third kappa shape index (κ3) is 6.79. The number of carbonyl (C=O) groups is 1. The number of benzene rings is 1. The fourth-order valence-corrected chi connectivity index (χ4v) is 3.98. The van der Waals surface area contributed by atoms with Crippen molar-refractivity contribution in [1.82, 2.24) is 25.1 Å². The molecule has 0 fully saturated rings. The number of hydrogen-bond donors (Lipinski definition) is 2. The quantitative estimate of drug-likeness (QED) is 0.143. The molecule has 36 heavy (non-hydrogen) atoms. The number of hydrogen-bond acceptors (Lipinski definition) is 10. The van der Waals surface area contributed by atoms with E-state index in [2.05, 4.69) is 32.6 Å². The van der Waals surface area contributed by atoms with Gasteiger partial charge in [-0.2, -0.15) is 5.10 Å². The average molecular weight is 517 g/mol. The summed E-state index contributed by atoms with van der Waals surface area (Å²) in [7, 11) is 6.29. The highest BCUT2D eigenvalue weighted by molar-refractivity contribution is 7.99. The highest BCUT2D eigenvalue weighted by Crippen LogP contribution is 2.38. The van der Waals surface area contributed by atoms with Crippen LogP contribution in [0.15, 0.2) is 29.6 Å². The first-order valence-electron chi connectivity index (χ1n) is 11.4. The Morgan fingerprint density at radius 2 is 1.83 bits per heavy atom. The number of ether oxygens (including phenoxy) is 4. The van der Waals surface area contributed by atoms with Gasteiger partial charge in [-0.3, -0.25) is 4.79 Å². The molecule has 0 aliphatic rings. The van der Waals surface area contributed by atoms with Gasteiger partial charge in [0.1, 0.15) is 5.82 Å². The number of nitrogens with zero attached hydrogens (tertiary/aromatic N) is 4. The van der Waals surface area contributed by atoms with Gasteiger partial charge in [-0.15, -0.1) is 0 Å². The molecule has 0 saturated carbocycles. The fraction of sp³-hybridized carbons (Fsp3) is 0.417. The second-order valence-corrected chi connectivity index (χ2v) is 8.63. The van der Waals surface area contributed by atoms with Crippen molar-refractivity contribution in [2.24, 2.45) is 0 Å². The number of rotatable bonds is 14. The Hall–Kier alpha value is -3.51. The molecule has 2 heterocycles. The molecule has 0 atom stereocenters. The van der Waals surface area contributed by atoms with Crippen molar-refractivity contribution in [3.63, 3.8) is 0 Å². The number of thioether (sulfide) groups is 1. The van der Waals surface area contributed by atoms with Crippen LogP contribution in [-0.2, 0) is 16.1 Å². The number of nitrogens with one attached hydrogen (secondary N) is 2. The van der Waals surface area contributed by atoms with Crippen LogP contribution in [0.2, 0.25) is 0 Å². The SMILES string of the molecule is CCSc1nc(NCCOC)c2cnn(CCNC(=O)C=Cc3cc(OC)c(OC)c(OC)c3)c2n1. The third-order valence-corrected chi connectivity index (χ3v) is 5.81. The second kappa shape index (κ2) is 13.5. The molecule has 0 spiro atoms. The fourth-order valence-electron chi connectivity index (χ4n) is 3.41. The zero-order valence-corrected chi connectivity index (χ0v) is 22.0. The van der Waals surface area contributed by atoms with E-state index in [1.165, 1.54) is 6.08 Å². The summed E-state index contributed by atoms with van der Waals surface area (Å²) in [6.45, 7) is 4.07. The minimum atomic E-state index is -0.237. The van der Waals surface area contributed by atoms with Crippen molar-refractivity contribution in [2.75, 3.05) is 59.2 Å². The molecule has 0 unspecified atom stereocenters. The predicted molar refractivity (Wildman–Crippen MR) is 140 cm³/mol. The van der Waals surface area contributed by atoms with Gasteiger partial charge in [0, 0.05) is 26.3 Å². The van der Waals surface area contributed by atoms with Gasteiger partial charge in [0.05, 0.1) is 46.1 Å². The van der Waals surface area contributed by atoms with Gasteiger partial charge in [-0.25, -0.2) is 14.6 Å². The monoisotopic (exact) mass is 516 g/mol. The Morgan fingerprint density at radius 3 is 2.47 bits per heavy atom. The molecule has 194 valence electrons. The van der Waals surface area contributed by atoms with Crippen molar-refractivity contribution >= 4 is 40.6 Å². The molecule has 1 aromatic carbocycles. The summed E-state index contributed by atoms with van der Waals surface area (Å²) in [5.41, 5.74) is 1.45. The maximum atomic E-state index is 12.4. The molecule has 12 heteroatoms. The number of carbonyl (C=O) groups excluding carboxylic acids is 1. The molecule has 2 aromatic heterocycles. The van der Waals surface area contributed by atoms with E-state index in [0.29, 0.717) is 54.3 Å². The van der Waals surface area contributed by atoms with Crippen molar-refractivity contribution < 1.29 is 23.7 Å². The molecule has 0 aliphatic carbocycles. The first-order chi connectivity index (χ1) is 17.5. The molecular weight excluding hydrogens is 484 g/mol. The largest absolute Gasteiger partial charge is 0.493 e. The molecule has 0 saturated heterocycles. The highest BCUT2D eigenvalue weighted by Gasteiger charge is 2.14. The summed E-state index contributed by atoms with van der Waals surface area (Å²) in [5.74, 6) is 2.86. The van der Waals surface area contributed by atoms with E-state index >= 15 is 0 Å². The van der Waals surface area contributed by atoms with Crippen LogP contribution in [0, 0.1) is 0 Å². The first kappa shape index (κ1) is 27.1. The molecule has 3 aromatic rings. The van der Waals surface area contributed by atoms with E-state index in [1.54, 1.807) is 69.3 Å². The lowest BCUT2D eigenvalue weighted by Crippen LogP contribution is -2.25. The minimum absolute atomic E-state index is 0.237. The highest BCUT2D eigenvalue weighted by atomic mass is 32.2. The van der Waals surface area contributed by atoms with E-state index < -0.39 is 0 Å². The van der Waals surface area contributed by atoms with Crippen LogP contribution in [0.4, 0.5) is 5.82 Å². The molecular formula is C24H32N6O5S. The summed E-state index contributed by atoms with van der Waals surface area (Å²) in [6, 6.07) is 3.54. The lowest BCUT2D eigenvalue weighted by Gasteiger charge is -2.12. The number of fused-ring (bicyclic) bond motifs is 1. The first-order valence-corrected chi connectivity index (χ1v) is 12.4. The van der Waals surface area contributed by atoms with Gasteiger partial charge in [-0.05, 0) is 29.5 Å². The van der Waals surface area contributed by atoms with Gasteiger partial charge >= 0.3 is 0 Å². The summed E-state index contributed by atoms with van der Waals surface area (Å²) in [6.07, 6.45) is 4.87. The zero-order valence-electron chi connectivity index (χ0n) is 21.2. The van der Waals surface area contributed by atoms with Gasteiger partial charge < -0.3 is 29.6 Å². The normalized spacial score (nSPS) is 11.1. The van der Waals surface area contributed by atoms with Crippen LogP contribution in [0.25, 0.3) is 17.1 Å². The number of anilines is 1. The van der Waals surface area contributed by atoms with Crippen LogP contribution in [0.1, 0.15) is 12.5 Å². The van der Waals surface area contributed by atoms with Crippen LogP contribution >= 0.6 is 11.8 Å². The van der Waals surface area contributed by atoms with Crippen molar-refractivity contribution in [3.05, 3.63) is 30.0 Å². The van der Waals surface area contributed by atoms with Crippen LogP contribution in [0.5, 0.6) is 17.2 Å². The summed E-state index contributed by atoms with van der Waals surface area (Å²) in [4.78, 5) is 21.7. The zero-order chi connectivity index (χ0) is 25.9. The Labute approximate surface area is 214 Å². The number of methoxy groups -OCH3 is 4. The van der Waals surface area contributed by atoms with Gasteiger partial charge in [0.25, 0.3) is 0 Å². The smallest absolute Gasteiger partial charge is 0.244 e. The lowest BCUT2D eigenvalue weighted by molar-refractivity contribution is -0.116. The Kier molecular flexibility index (Phi) is 10.2. The standard InChI is InChI=1S/C24H32N6O5S/c1-6-36-24-28-22(26-10-12-32-2)17-15-27-30(23(17)29-24)11-9-25-20(31)8-7-16-13-18(33-3)21(35-5)19(14-16)34-4/h7-8,13-15H,6,9-12H2,1-5H3,(H,25,31)(H,26,28,29). The molecule has 2 N–H and O–H groups in total. The number of amides is 1. The van der Waals surface area contributed by atoms with E-state index in [9.17, 15) is 4.79 Å². The maximum absolute atomic E-state index is 12.4. The summed E-state index contributed by atoms with van der Waals surface area (Å²) >= 11 is 1.56. The lowest BCUT2D eigenvalue weighted by atomic mass is 10.1. The van der Waals surface area contributed by atoms with Crippen LogP contribution in [-0.4, -0.2) is 79.5 Å². The Balaban J connectivity index is 1.66. The van der Waals surface area contributed by atoms with Crippen molar-refractivity contribution in [3.8, 4) is 17.2 Å². The summed E-state index contributed by atoms with van der Waals surface area (Å²) < 4.78 is 22.9. The molecule has 0 bridgehead atoms. The van der Waals surface area contributed by atoms with Gasteiger partial charge in [0.2, 0.25) is 11.7 Å². The van der Waals surface area contributed by atoms with E-state index in [0.717, 1.165) is 22.5 Å². The Bertz CT molecular complexity index is 1170. The van der Waals surface area contributed by atoms with Crippen LogP contribution < -0.4 is 24.8 Å². The topological polar surface area (TPSA) is 122 Å². The van der Waals surface area contributed by atoms with Gasteiger partial charge in [0.15, 0.2) is 22.3 Å². The maximum Gasteiger partial charge on any atom is 0.244 e. The Morgan fingerprint density at radius 1 is 1.08 bits per heavy atom. The van der Waals surface area contributed by atoms with E-state index in [-0.39, 0.29) is 5.91 Å². The molecule has 0 aliphatic heterocycles. The molecule has 3 rings (SSSR count). The molecule has 0 radical (unpaired) electrons. The van der Waals surface area contributed by atoms with Gasteiger partial charge in [-0.1, -0.05) is 18.7 Å². The molecule has 11 nitrogen and oxygen atoms in total. The molecule has 1 amide bonds. The minimum Gasteiger partial charge on any atom is -0.493 e. The van der Waals surface area contributed by atoms with Crippen molar-refractivity contribution in [1.29, 1.82) is 0 Å². The van der Waals surface area contributed by atoms with E-state index in [1.807, 2.05) is 0 Å².